The van der Waals surface area contributed by atoms with Crippen molar-refractivity contribution < 1.29 is 4.79 Å². The van der Waals surface area contributed by atoms with Crippen molar-refractivity contribution in [2.24, 2.45) is 0 Å². The van der Waals surface area contributed by atoms with Gasteiger partial charge < -0.3 is 11.1 Å². The average Bonchev–Trinajstić information content (AvgIpc) is 2.58. The lowest BCUT2D eigenvalue weighted by Crippen LogP contribution is -2.17. The van der Waals surface area contributed by atoms with Crippen LogP contribution in [0.25, 0.3) is 11.3 Å². The Morgan fingerprint density at radius 2 is 1.74 bits per heavy atom. The van der Waals surface area contributed by atoms with Crippen LogP contribution >= 0.6 is 0 Å². The van der Waals surface area contributed by atoms with Crippen molar-refractivity contribution in [3.8, 4) is 11.3 Å². The zero-order valence-corrected chi connectivity index (χ0v) is 12.7. The van der Waals surface area contributed by atoms with Gasteiger partial charge in [-0.3, -0.25) is 4.79 Å². The molecular weight excluding hydrogens is 288 g/mol. The van der Waals surface area contributed by atoms with Crippen LogP contribution in [0.2, 0.25) is 0 Å². The minimum absolute atomic E-state index is 0.107. The maximum absolute atomic E-state index is 12.5. The third kappa shape index (κ3) is 3.18. The van der Waals surface area contributed by atoms with E-state index in [1.54, 1.807) is 6.20 Å². The monoisotopic (exact) mass is 304 g/mol. The molecule has 114 valence electrons. The topological polar surface area (TPSA) is 80.9 Å². The van der Waals surface area contributed by atoms with Gasteiger partial charge >= 0.3 is 0 Å². The number of nitrogens with two attached hydrogens (primary N) is 1. The average molecular weight is 304 g/mol. The molecule has 3 N–H and O–H groups in total. The van der Waals surface area contributed by atoms with Crippen molar-refractivity contribution in [1.29, 1.82) is 0 Å². The molecule has 3 aromatic rings. The third-order valence-corrected chi connectivity index (χ3v) is 3.48. The molecule has 5 nitrogen and oxygen atoms in total. The number of benzene rings is 2. The summed E-state index contributed by atoms with van der Waals surface area (Å²) in [7, 11) is 0. The summed E-state index contributed by atoms with van der Waals surface area (Å²) in [6, 6.07) is 17.1. The van der Waals surface area contributed by atoms with Gasteiger partial charge in [-0.15, -0.1) is 0 Å². The Morgan fingerprint density at radius 1 is 1.04 bits per heavy atom. The highest BCUT2D eigenvalue weighted by Gasteiger charge is 2.15. The molecule has 0 aliphatic carbocycles. The zero-order chi connectivity index (χ0) is 16.2. The summed E-state index contributed by atoms with van der Waals surface area (Å²) in [6.07, 6.45) is 1.56. The normalized spacial score (nSPS) is 10.3. The van der Waals surface area contributed by atoms with Gasteiger partial charge in [0.15, 0.2) is 11.5 Å². The number of rotatable bonds is 3. The Balaban J connectivity index is 1.93. The predicted octanol–water partition coefficient (Wildman–Crippen LogP) is 3.29. The van der Waals surface area contributed by atoms with E-state index in [1.807, 2.05) is 61.5 Å². The Labute approximate surface area is 134 Å². The first-order valence-electron chi connectivity index (χ1n) is 7.20. The number of aryl methyl sites for hydroxylation is 1. The molecule has 0 unspecified atom stereocenters. The fourth-order valence-electron chi connectivity index (χ4n) is 2.21. The van der Waals surface area contributed by atoms with Crippen LogP contribution in [0.5, 0.6) is 0 Å². The molecule has 0 atom stereocenters. The number of nitrogens with one attached hydrogen (secondary N) is 1. The Bertz CT molecular complexity index is 847. The van der Waals surface area contributed by atoms with Crippen LogP contribution in [0.4, 0.5) is 11.5 Å². The van der Waals surface area contributed by atoms with Gasteiger partial charge in [0.1, 0.15) is 0 Å². The smallest absolute Gasteiger partial charge is 0.278 e. The van der Waals surface area contributed by atoms with Crippen LogP contribution in [-0.4, -0.2) is 15.9 Å². The second-order valence-corrected chi connectivity index (χ2v) is 5.12. The molecule has 2 aromatic carbocycles. The summed E-state index contributed by atoms with van der Waals surface area (Å²) in [6.45, 7) is 1.92. The highest BCUT2D eigenvalue weighted by atomic mass is 16.1. The number of amides is 1. The summed E-state index contributed by atoms with van der Waals surface area (Å²) in [5.41, 5.74) is 9.12. The molecule has 0 radical (unpaired) electrons. The number of carbonyl (C=O) groups excluding carboxylic acids is 1. The largest absolute Gasteiger partial charge is 0.382 e. The molecule has 0 aliphatic heterocycles. The molecule has 1 aromatic heterocycles. The molecule has 0 saturated heterocycles. The molecule has 0 fully saturated rings. The first-order chi connectivity index (χ1) is 11.1. The Morgan fingerprint density at radius 3 is 2.48 bits per heavy atom. The van der Waals surface area contributed by atoms with Crippen molar-refractivity contribution in [2.75, 3.05) is 11.1 Å². The SMILES string of the molecule is Cc1ccccc1NC(=O)c1nc(-c2ccccc2)cnc1N. The minimum Gasteiger partial charge on any atom is -0.382 e. The molecule has 3 rings (SSSR count). The highest BCUT2D eigenvalue weighted by Crippen LogP contribution is 2.20. The number of hydrogen-bond acceptors (Lipinski definition) is 4. The van der Waals surface area contributed by atoms with Crippen molar-refractivity contribution in [3.63, 3.8) is 0 Å². The number of para-hydroxylation sites is 1. The first-order valence-corrected chi connectivity index (χ1v) is 7.20. The van der Waals surface area contributed by atoms with E-state index in [-0.39, 0.29) is 17.4 Å². The minimum atomic E-state index is -0.373. The van der Waals surface area contributed by atoms with E-state index in [9.17, 15) is 4.79 Å². The Kier molecular flexibility index (Phi) is 4.01. The van der Waals surface area contributed by atoms with Gasteiger partial charge in [-0.1, -0.05) is 48.5 Å². The number of nitrogens with zero attached hydrogens (tertiary/aromatic N) is 2. The number of hydrogen-bond donors (Lipinski definition) is 2. The molecule has 0 saturated carbocycles. The molecule has 23 heavy (non-hydrogen) atoms. The van der Waals surface area contributed by atoms with E-state index in [0.717, 1.165) is 16.8 Å². The van der Waals surface area contributed by atoms with Crippen LogP contribution in [0.15, 0.2) is 60.8 Å². The van der Waals surface area contributed by atoms with Gasteiger partial charge in [0.25, 0.3) is 5.91 Å². The molecule has 1 amide bonds. The number of carbonyl (C=O) groups is 1. The maximum atomic E-state index is 12.5. The van der Waals surface area contributed by atoms with Gasteiger partial charge in [-0.2, -0.15) is 0 Å². The van der Waals surface area contributed by atoms with Crippen LogP contribution in [-0.2, 0) is 0 Å². The first kappa shape index (κ1) is 14.7. The van der Waals surface area contributed by atoms with Gasteiger partial charge in [0.05, 0.1) is 11.9 Å². The number of aromatic nitrogens is 2. The van der Waals surface area contributed by atoms with Gasteiger partial charge in [0, 0.05) is 11.3 Å². The van der Waals surface area contributed by atoms with Crippen LogP contribution in [0.1, 0.15) is 16.1 Å². The van der Waals surface area contributed by atoms with Crippen LogP contribution in [0.3, 0.4) is 0 Å². The number of anilines is 2. The van der Waals surface area contributed by atoms with Crippen molar-refractivity contribution in [3.05, 3.63) is 72.1 Å². The van der Waals surface area contributed by atoms with Crippen LogP contribution < -0.4 is 11.1 Å². The fraction of sp³-hybridized carbons (Fsp3) is 0.0556. The maximum Gasteiger partial charge on any atom is 0.278 e. The van der Waals surface area contributed by atoms with Gasteiger partial charge in [-0.25, -0.2) is 9.97 Å². The molecule has 5 heteroatoms. The second-order valence-electron chi connectivity index (χ2n) is 5.12. The van der Waals surface area contributed by atoms with E-state index in [4.69, 9.17) is 5.73 Å². The summed E-state index contributed by atoms with van der Waals surface area (Å²) in [5.74, 6) is -0.266. The molecule has 0 bridgehead atoms. The fourth-order valence-corrected chi connectivity index (χ4v) is 2.21. The van der Waals surface area contributed by atoms with E-state index >= 15 is 0 Å². The molecule has 0 aliphatic rings. The van der Waals surface area contributed by atoms with Crippen LogP contribution in [0, 0.1) is 6.92 Å². The third-order valence-electron chi connectivity index (χ3n) is 3.48. The lowest BCUT2D eigenvalue weighted by molar-refractivity contribution is 0.102. The van der Waals surface area contributed by atoms with Crippen molar-refractivity contribution in [2.45, 2.75) is 6.92 Å². The summed E-state index contributed by atoms with van der Waals surface area (Å²) in [5, 5.41) is 2.82. The quantitative estimate of drug-likeness (QED) is 0.778. The standard InChI is InChI=1S/C18H16N4O/c1-12-7-5-6-10-14(12)22-18(23)16-17(19)20-11-15(21-16)13-8-3-2-4-9-13/h2-11H,1H3,(H2,19,20)(H,22,23). The van der Waals surface area contributed by atoms with E-state index < -0.39 is 0 Å². The zero-order valence-electron chi connectivity index (χ0n) is 12.7. The molecule has 1 heterocycles. The van der Waals surface area contributed by atoms with Gasteiger partial charge in [0.2, 0.25) is 0 Å². The van der Waals surface area contributed by atoms with Crippen molar-refractivity contribution in [1.82, 2.24) is 9.97 Å². The van der Waals surface area contributed by atoms with Gasteiger partial charge in [-0.05, 0) is 18.6 Å². The lowest BCUT2D eigenvalue weighted by atomic mass is 10.1. The second kappa shape index (κ2) is 6.27. The van der Waals surface area contributed by atoms with E-state index in [2.05, 4.69) is 15.3 Å². The Hall–Kier alpha value is -3.21. The van der Waals surface area contributed by atoms with Crippen molar-refractivity contribution >= 4 is 17.4 Å². The molecule has 0 spiro atoms. The summed E-state index contributed by atoms with van der Waals surface area (Å²) >= 11 is 0. The summed E-state index contributed by atoms with van der Waals surface area (Å²) in [4.78, 5) is 20.9. The lowest BCUT2D eigenvalue weighted by Gasteiger charge is -2.10. The predicted molar refractivity (Wildman–Crippen MR) is 91.0 cm³/mol. The summed E-state index contributed by atoms with van der Waals surface area (Å²) < 4.78 is 0. The van der Waals surface area contributed by atoms with E-state index in [0.29, 0.717) is 5.69 Å². The van der Waals surface area contributed by atoms with E-state index in [1.165, 1.54) is 0 Å². The number of nitrogen functional groups attached to an aromatic ring is 1. The molecular formula is C18H16N4O. The highest BCUT2D eigenvalue weighted by molar-refractivity contribution is 6.06.